The van der Waals surface area contributed by atoms with Crippen molar-refractivity contribution in [2.45, 2.75) is 0 Å². The lowest BCUT2D eigenvalue weighted by Crippen LogP contribution is -2.10. The van der Waals surface area contributed by atoms with Crippen LogP contribution >= 0.6 is 12.6 Å². The van der Waals surface area contributed by atoms with Crippen LogP contribution in [-0.4, -0.2) is 50.7 Å². The predicted octanol–water partition coefficient (Wildman–Crippen LogP) is -0.0842. The highest BCUT2D eigenvalue weighted by Gasteiger charge is 1.88. The van der Waals surface area contributed by atoms with Crippen molar-refractivity contribution in [3.05, 3.63) is 0 Å². The summed E-state index contributed by atoms with van der Waals surface area (Å²) in [5, 5.41) is 8.34. The third kappa shape index (κ3) is 10.2. The molecule has 0 amide bonds. The van der Waals surface area contributed by atoms with Gasteiger partial charge in [-0.2, -0.15) is 12.6 Å². The van der Waals surface area contributed by atoms with Gasteiger partial charge in [-0.1, -0.05) is 0 Å². The molecule has 0 aliphatic carbocycles. The molecule has 0 heterocycles. The van der Waals surface area contributed by atoms with E-state index in [0.29, 0.717) is 39.0 Å². The molecule has 74 valence electrons. The van der Waals surface area contributed by atoms with Gasteiger partial charge in [0, 0.05) is 0 Å². The first-order chi connectivity index (χ1) is 5.91. The summed E-state index contributed by atoms with van der Waals surface area (Å²) >= 11 is 3.86. The highest BCUT2D eigenvalue weighted by atomic mass is 32.1. The standard InChI is InChI=1S/C7H16O4S/c8-1-2-9-3-4-10-5-6-11-7-12/h8,12H,1-7H2. The Balaban J connectivity index is 2.73. The number of hydrogen-bond acceptors (Lipinski definition) is 5. The molecular weight excluding hydrogens is 180 g/mol. The molecule has 0 spiro atoms. The summed E-state index contributed by atoms with van der Waals surface area (Å²) in [6.45, 7) is 2.60. The molecule has 0 aromatic carbocycles. The van der Waals surface area contributed by atoms with Crippen molar-refractivity contribution in [3.8, 4) is 0 Å². The Kier molecular flexibility index (Phi) is 11.4. The van der Waals surface area contributed by atoms with E-state index in [1.807, 2.05) is 0 Å². The van der Waals surface area contributed by atoms with Gasteiger partial charge in [-0.15, -0.1) is 0 Å². The van der Waals surface area contributed by atoms with Crippen LogP contribution in [0.4, 0.5) is 0 Å². The van der Waals surface area contributed by atoms with Crippen molar-refractivity contribution < 1.29 is 19.3 Å². The lowest BCUT2D eigenvalue weighted by atomic mass is 10.7. The zero-order valence-corrected chi connectivity index (χ0v) is 7.96. The van der Waals surface area contributed by atoms with Gasteiger partial charge in [0.15, 0.2) is 0 Å². The van der Waals surface area contributed by atoms with Crippen molar-refractivity contribution in [3.63, 3.8) is 0 Å². The predicted molar refractivity (Wildman–Crippen MR) is 48.5 cm³/mol. The maximum atomic E-state index is 8.34. The molecule has 0 saturated heterocycles. The fourth-order valence-electron chi connectivity index (χ4n) is 0.569. The Hall–Kier alpha value is 0.190. The number of aliphatic hydroxyl groups excluding tert-OH is 1. The van der Waals surface area contributed by atoms with Crippen LogP contribution in [-0.2, 0) is 14.2 Å². The van der Waals surface area contributed by atoms with Gasteiger partial charge in [-0.05, 0) is 0 Å². The molecule has 0 atom stereocenters. The van der Waals surface area contributed by atoms with E-state index < -0.39 is 0 Å². The van der Waals surface area contributed by atoms with Crippen molar-refractivity contribution in [2.24, 2.45) is 0 Å². The summed E-state index contributed by atoms with van der Waals surface area (Å²) < 4.78 is 15.0. The second-order valence-electron chi connectivity index (χ2n) is 1.99. The van der Waals surface area contributed by atoms with E-state index in [1.165, 1.54) is 0 Å². The molecule has 4 nitrogen and oxygen atoms in total. The number of hydrogen-bond donors (Lipinski definition) is 2. The lowest BCUT2D eigenvalue weighted by molar-refractivity contribution is 0.0143. The summed E-state index contributed by atoms with van der Waals surface area (Å²) in [4.78, 5) is 0. The normalized spacial score (nSPS) is 10.5. The Morgan fingerprint density at radius 1 is 0.833 bits per heavy atom. The molecule has 12 heavy (non-hydrogen) atoms. The zero-order chi connectivity index (χ0) is 9.07. The molecule has 0 fully saturated rings. The van der Waals surface area contributed by atoms with Crippen molar-refractivity contribution in [1.29, 1.82) is 0 Å². The van der Waals surface area contributed by atoms with E-state index in [2.05, 4.69) is 12.6 Å². The van der Waals surface area contributed by atoms with Crippen molar-refractivity contribution >= 4 is 12.6 Å². The Bertz CT molecular complexity index is 71.8. The highest BCUT2D eigenvalue weighted by Crippen LogP contribution is 1.81. The van der Waals surface area contributed by atoms with Gasteiger partial charge in [-0.25, -0.2) is 0 Å². The first-order valence-electron chi connectivity index (χ1n) is 3.86. The molecule has 0 saturated carbocycles. The third-order valence-corrected chi connectivity index (χ3v) is 1.25. The summed E-state index contributed by atoms with van der Waals surface area (Å²) in [6, 6.07) is 0. The average molecular weight is 196 g/mol. The van der Waals surface area contributed by atoms with Crippen LogP contribution < -0.4 is 0 Å². The molecule has 0 bridgehead atoms. The van der Waals surface area contributed by atoms with Crippen LogP contribution in [0.15, 0.2) is 0 Å². The molecule has 0 aliphatic heterocycles. The van der Waals surface area contributed by atoms with E-state index in [9.17, 15) is 0 Å². The van der Waals surface area contributed by atoms with Crippen LogP contribution in [0.2, 0.25) is 0 Å². The van der Waals surface area contributed by atoms with Crippen LogP contribution in [0.25, 0.3) is 0 Å². The van der Waals surface area contributed by atoms with Gasteiger partial charge in [0.1, 0.15) is 0 Å². The van der Waals surface area contributed by atoms with Gasteiger partial charge in [0.05, 0.1) is 45.6 Å². The minimum absolute atomic E-state index is 0.0583. The fourth-order valence-corrected chi connectivity index (χ4v) is 0.698. The summed E-state index contributed by atoms with van der Waals surface area (Å²) in [6.07, 6.45) is 0. The van der Waals surface area contributed by atoms with Crippen molar-refractivity contribution in [2.75, 3.05) is 45.6 Å². The number of aliphatic hydroxyl groups is 1. The van der Waals surface area contributed by atoms with Crippen LogP contribution in [0, 0.1) is 0 Å². The number of thiol groups is 1. The van der Waals surface area contributed by atoms with Crippen LogP contribution in [0.5, 0.6) is 0 Å². The Morgan fingerprint density at radius 2 is 1.33 bits per heavy atom. The Morgan fingerprint density at radius 3 is 1.83 bits per heavy atom. The first kappa shape index (κ1) is 12.2. The molecule has 0 aliphatic rings. The fraction of sp³-hybridized carbons (Fsp3) is 1.00. The smallest absolute Gasteiger partial charge is 0.0893 e. The van der Waals surface area contributed by atoms with Crippen LogP contribution in [0.3, 0.4) is 0 Å². The average Bonchev–Trinajstić information content (AvgIpc) is 2.10. The number of ether oxygens (including phenoxy) is 3. The molecule has 0 aromatic rings. The van der Waals surface area contributed by atoms with Crippen molar-refractivity contribution in [1.82, 2.24) is 0 Å². The zero-order valence-electron chi connectivity index (χ0n) is 7.07. The molecule has 0 radical (unpaired) electrons. The maximum Gasteiger partial charge on any atom is 0.0893 e. The second-order valence-corrected chi connectivity index (χ2v) is 2.24. The van der Waals surface area contributed by atoms with Gasteiger partial charge in [-0.3, -0.25) is 0 Å². The van der Waals surface area contributed by atoms with E-state index >= 15 is 0 Å². The molecule has 0 rings (SSSR count). The van der Waals surface area contributed by atoms with Gasteiger partial charge < -0.3 is 19.3 Å². The quantitative estimate of drug-likeness (QED) is 0.307. The van der Waals surface area contributed by atoms with E-state index in [1.54, 1.807) is 0 Å². The van der Waals surface area contributed by atoms with Crippen LogP contribution in [0.1, 0.15) is 0 Å². The third-order valence-electron chi connectivity index (χ3n) is 1.07. The summed E-state index contributed by atoms with van der Waals surface area (Å²) in [5.41, 5.74) is 0. The topological polar surface area (TPSA) is 47.9 Å². The Labute approximate surface area is 78.2 Å². The second kappa shape index (κ2) is 11.2. The summed E-state index contributed by atoms with van der Waals surface area (Å²) in [7, 11) is 0. The lowest BCUT2D eigenvalue weighted by Gasteiger charge is -2.04. The minimum Gasteiger partial charge on any atom is -0.394 e. The van der Waals surface area contributed by atoms with Gasteiger partial charge in [0.25, 0.3) is 0 Å². The highest BCUT2D eigenvalue weighted by molar-refractivity contribution is 7.80. The maximum absolute atomic E-state index is 8.34. The monoisotopic (exact) mass is 196 g/mol. The van der Waals surface area contributed by atoms with Gasteiger partial charge in [0.2, 0.25) is 0 Å². The minimum atomic E-state index is 0.0583. The van der Waals surface area contributed by atoms with E-state index in [0.717, 1.165) is 0 Å². The largest absolute Gasteiger partial charge is 0.394 e. The number of rotatable bonds is 9. The molecule has 0 unspecified atom stereocenters. The first-order valence-corrected chi connectivity index (χ1v) is 4.50. The molecule has 5 heteroatoms. The summed E-state index contributed by atoms with van der Waals surface area (Å²) in [5.74, 6) is 0.421. The van der Waals surface area contributed by atoms with Gasteiger partial charge >= 0.3 is 0 Å². The molecule has 1 N–H and O–H groups in total. The molecular formula is C7H16O4S. The van der Waals surface area contributed by atoms with E-state index in [-0.39, 0.29) is 6.61 Å². The van der Waals surface area contributed by atoms with E-state index in [4.69, 9.17) is 19.3 Å². The molecule has 0 aromatic heterocycles. The SMILES string of the molecule is OCCOCCOCCOCS.